The summed E-state index contributed by atoms with van der Waals surface area (Å²) in [7, 11) is 0. The van der Waals surface area contributed by atoms with E-state index >= 15 is 0 Å². The Hall–Kier alpha value is -1.06. The molecule has 0 amide bonds. The lowest BCUT2D eigenvalue weighted by molar-refractivity contribution is 0.186. The predicted molar refractivity (Wildman–Crippen MR) is 75.9 cm³/mol. The second kappa shape index (κ2) is 5.72. The molecule has 2 atom stereocenters. The minimum absolute atomic E-state index is 0.100. The van der Waals surface area contributed by atoms with E-state index in [0.29, 0.717) is 0 Å². The molecule has 1 aromatic carbocycles. The van der Waals surface area contributed by atoms with E-state index in [-0.39, 0.29) is 12.1 Å². The third kappa shape index (κ3) is 3.03. The highest BCUT2D eigenvalue weighted by atomic mass is 16.3. The smallest absolute Gasteiger partial charge is 0.0528 e. The maximum Gasteiger partial charge on any atom is 0.0528 e. The zero-order chi connectivity index (χ0) is 13.1. The van der Waals surface area contributed by atoms with Crippen molar-refractivity contribution in [2.75, 3.05) is 18.0 Å². The summed E-state index contributed by atoms with van der Waals surface area (Å²) in [5.41, 5.74) is 9.88. The Bertz CT molecular complexity index is 401. The molecule has 1 heterocycles. The van der Waals surface area contributed by atoms with E-state index in [1.165, 1.54) is 23.2 Å². The largest absolute Gasteiger partial charge is 0.393 e. The number of anilines is 1. The van der Waals surface area contributed by atoms with Crippen LogP contribution in [0.3, 0.4) is 0 Å². The monoisotopic (exact) mass is 248 g/mol. The summed E-state index contributed by atoms with van der Waals surface area (Å²) in [4.78, 5) is 2.39. The van der Waals surface area contributed by atoms with Crippen molar-refractivity contribution in [3.63, 3.8) is 0 Å². The standard InChI is InChI=1S/C15H24N2O/c1-11(18)7-9-17-8-3-4-14-10-13(12(2)16)5-6-15(14)17/h5-6,10-12,18H,3-4,7-9,16H2,1-2H3. The molecule has 1 aromatic rings. The van der Waals surface area contributed by atoms with Gasteiger partial charge in [0.2, 0.25) is 0 Å². The average molecular weight is 248 g/mol. The van der Waals surface area contributed by atoms with Crippen molar-refractivity contribution in [2.24, 2.45) is 5.73 Å². The van der Waals surface area contributed by atoms with Crippen molar-refractivity contribution in [3.05, 3.63) is 29.3 Å². The van der Waals surface area contributed by atoms with E-state index in [4.69, 9.17) is 5.73 Å². The van der Waals surface area contributed by atoms with Crippen LogP contribution in [-0.2, 0) is 6.42 Å². The molecular formula is C15H24N2O. The number of nitrogens with two attached hydrogens (primary N) is 1. The van der Waals surface area contributed by atoms with E-state index in [1.54, 1.807) is 0 Å². The lowest BCUT2D eigenvalue weighted by Gasteiger charge is -2.32. The Balaban J connectivity index is 2.16. The number of aryl methyl sites for hydroxylation is 1. The Morgan fingerprint density at radius 1 is 1.39 bits per heavy atom. The summed E-state index contributed by atoms with van der Waals surface area (Å²) in [5, 5.41) is 9.40. The fourth-order valence-corrected chi connectivity index (χ4v) is 2.55. The number of rotatable bonds is 4. The minimum atomic E-state index is -0.223. The average Bonchev–Trinajstić information content (AvgIpc) is 2.35. The molecule has 1 aliphatic rings. The number of aliphatic hydroxyl groups is 1. The van der Waals surface area contributed by atoms with Crippen molar-refractivity contribution in [1.82, 2.24) is 0 Å². The second-order valence-electron chi connectivity index (χ2n) is 5.41. The maximum absolute atomic E-state index is 9.40. The first-order valence-electron chi connectivity index (χ1n) is 6.89. The van der Waals surface area contributed by atoms with Gasteiger partial charge in [0, 0.05) is 24.8 Å². The van der Waals surface area contributed by atoms with E-state index in [1.807, 2.05) is 13.8 Å². The predicted octanol–water partition coefficient (Wildman–Crippen LogP) is 2.23. The molecule has 0 radical (unpaired) electrons. The minimum Gasteiger partial charge on any atom is -0.393 e. The van der Waals surface area contributed by atoms with E-state index in [0.717, 1.165) is 25.9 Å². The van der Waals surface area contributed by atoms with Crippen LogP contribution in [0.5, 0.6) is 0 Å². The van der Waals surface area contributed by atoms with Gasteiger partial charge in [-0.1, -0.05) is 12.1 Å². The van der Waals surface area contributed by atoms with Gasteiger partial charge in [0.15, 0.2) is 0 Å². The normalized spacial score (nSPS) is 18.3. The first-order chi connectivity index (χ1) is 8.58. The molecule has 2 rings (SSSR count). The number of nitrogens with zero attached hydrogens (tertiary/aromatic N) is 1. The lowest BCUT2D eigenvalue weighted by atomic mass is 9.97. The van der Waals surface area contributed by atoms with Crippen LogP contribution in [0.4, 0.5) is 5.69 Å². The maximum atomic E-state index is 9.40. The van der Waals surface area contributed by atoms with Crippen LogP contribution in [-0.4, -0.2) is 24.3 Å². The Labute approximate surface area is 110 Å². The molecule has 3 heteroatoms. The summed E-state index contributed by atoms with van der Waals surface area (Å²) in [5.74, 6) is 0. The van der Waals surface area contributed by atoms with E-state index in [9.17, 15) is 5.11 Å². The number of fused-ring (bicyclic) bond motifs is 1. The molecule has 0 spiro atoms. The SMILES string of the molecule is CC(O)CCN1CCCc2cc(C(C)N)ccc21. The van der Waals surface area contributed by atoms with Gasteiger partial charge in [-0.3, -0.25) is 0 Å². The molecule has 18 heavy (non-hydrogen) atoms. The van der Waals surface area contributed by atoms with Gasteiger partial charge in [0.25, 0.3) is 0 Å². The molecule has 0 saturated carbocycles. The third-order valence-corrected chi connectivity index (χ3v) is 3.66. The van der Waals surface area contributed by atoms with Crippen LogP contribution < -0.4 is 10.6 Å². The number of hydrogen-bond acceptors (Lipinski definition) is 3. The number of aliphatic hydroxyl groups excluding tert-OH is 1. The van der Waals surface area contributed by atoms with Gasteiger partial charge >= 0.3 is 0 Å². The van der Waals surface area contributed by atoms with Gasteiger partial charge in [-0.2, -0.15) is 0 Å². The highest BCUT2D eigenvalue weighted by Gasteiger charge is 2.17. The van der Waals surface area contributed by atoms with Gasteiger partial charge in [-0.15, -0.1) is 0 Å². The summed E-state index contributed by atoms with van der Waals surface area (Å²) >= 11 is 0. The third-order valence-electron chi connectivity index (χ3n) is 3.66. The molecule has 2 unspecified atom stereocenters. The Kier molecular flexibility index (Phi) is 4.25. The van der Waals surface area contributed by atoms with Crippen molar-refractivity contribution in [2.45, 2.75) is 45.3 Å². The van der Waals surface area contributed by atoms with Crippen LogP contribution in [0.25, 0.3) is 0 Å². The van der Waals surface area contributed by atoms with Gasteiger partial charge < -0.3 is 15.7 Å². The second-order valence-corrected chi connectivity index (χ2v) is 5.41. The van der Waals surface area contributed by atoms with Gasteiger partial charge in [-0.25, -0.2) is 0 Å². The molecule has 0 saturated heterocycles. The van der Waals surface area contributed by atoms with Crippen LogP contribution >= 0.6 is 0 Å². The first kappa shape index (κ1) is 13.4. The molecule has 100 valence electrons. The lowest BCUT2D eigenvalue weighted by Crippen LogP contribution is -2.31. The zero-order valence-corrected chi connectivity index (χ0v) is 11.4. The summed E-state index contributed by atoms with van der Waals surface area (Å²) in [6.07, 6.45) is 2.93. The van der Waals surface area contributed by atoms with Crippen LogP contribution in [0.2, 0.25) is 0 Å². The van der Waals surface area contributed by atoms with Crippen molar-refractivity contribution >= 4 is 5.69 Å². The quantitative estimate of drug-likeness (QED) is 0.859. The number of hydrogen-bond donors (Lipinski definition) is 2. The highest BCUT2D eigenvalue weighted by Crippen LogP contribution is 2.29. The van der Waals surface area contributed by atoms with Crippen LogP contribution in [0, 0.1) is 0 Å². The molecule has 0 aromatic heterocycles. The van der Waals surface area contributed by atoms with E-state index in [2.05, 4.69) is 23.1 Å². The molecule has 3 nitrogen and oxygen atoms in total. The Morgan fingerprint density at radius 3 is 2.83 bits per heavy atom. The molecule has 0 fully saturated rings. The fraction of sp³-hybridized carbons (Fsp3) is 0.600. The number of benzene rings is 1. The molecular weight excluding hydrogens is 224 g/mol. The molecule has 3 N–H and O–H groups in total. The van der Waals surface area contributed by atoms with Crippen molar-refractivity contribution in [3.8, 4) is 0 Å². The van der Waals surface area contributed by atoms with Crippen molar-refractivity contribution < 1.29 is 5.11 Å². The van der Waals surface area contributed by atoms with Crippen molar-refractivity contribution in [1.29, 1.82) is 0 Å². The molecule has 1 aliphatic heterocycles. The summed E-state index contributed by atoms with van der Waals surface area (Å²) in [6, 6.07) is 6.66. The van der Waals surface area contributed by atoms with Crippen LogP contribution in [0.1, 0.15) is 43.9 Å². The van der Waals surface area contributed by atoms with Gasteiger partial charge in [-0.05, 0) is 50.3 Å². The topological polar surface area (TPSA) is 49.5 Å². The molecule has 0 aliphatic carbocycles. The van der Waals surface area contributed by atoms with Gasteiger partial charge in [0.05, 0.1) is 6.10 Å². The highest BCUT2D eigenvalue weighted by molar-refractivity contribution is 5.57. The zero-order valence-electron chi connectivity index (χ0n) is 11.4. The summed E-state index contributed by atoms with van der Waals surface area (Å²) < 4.78 is 0. The summed E-state index contributed by atoms with van der Waals surface area (Å²) in [6.45, 7) is 5.90. The van der Waals surface area contributed by atoms with Crippen LogP contribution in [0.15, 0.2) is 18.2 Å². The fourth-order valence-electron chi connectivity index (χ4n) is 2.55. The molecule has 0 bridgehead atoms. The van der Waals surface area contributed by atoms with Gasteiger partial charge in [0.1, 0.15) is 0 Å². The Morgan fingerprint density at radius 2 is 2.17 bits per heavy atom. The van der Waals surface area contributed by atoms with E-state index < -0.39 is 0 Å². The first-order valence-corrected chi connectivity index (χ1v) is 6.89.